The van der Waals surface area contributed by atoms with Crippen molar-refractivity contribution >= 4 is 26.0 Å². The van der Waals surface area contributed by atoms with Crippen LogP contribution in [0.2, 0.25) is 0 Å². The molecule has 0 amide bonds. The standard InChI is InChI=1S/C10H12BrFN6O2S/c1-13-4-6-2-7(11)3-8(10(6)12)21(19,20)14-5-9-15-17-18-16-9/h2-3,13-14H,4-5H2,1H3,(H,15,16,17,18). The Bertz CT molecular complexity index is 721. The van der Waals surface area contributed by atoms with Crippen LogP contribution in [0.1, 0.15) is 11.4 Å². The van der Waals surface area contributed by atoms with Crippen molar-refractivity contribution < 1.29 is 12.8 Å². The number of hydrogen-bond donors (Lipinski definition) is 3. The first-order chi connectivity index (χ1) is 9.94. The normalized spacial score (nSPS) is 11.8. The summed E-state index contributed by atoms with van der Waals surface area (Å²) in [5, 5.41) is 15.5. The van der Waals surface area contributed by atoms with Gasteiger partial charge in [-0.15, -0.1) is 10.2 Å². The zero-order valence-corrected chi connectivity index (χ0v) is 13.3. The summed E-state index contributed by atoms with van der Waals surface area (Å²) in [5.74, 6) is -0.641. The number of hydrogen-bond acceptors (Lipinski definition) is 6. The summed E-state index contributed by atoms with van der Waals surface area (Å²) in [7, 11) is -2.39. The number of benzene rings is 1. The maximum atomic E-state index is 14.3. The molecule has 2 aromatic rings. The van der Waals surface area contributed by atoms with Gasteiger partial charge in [-0.05, 0) is 19.2 Å². The molecule has 0 spiro atoms. The van der Waals surface area contributed by atoms with Crippen LogP contribution in [0.3, 0.4) is 0 Å². The molecule has 1 aromatic heterocycles. The minimum absolute atomic E-state index is 0.157. The maximum absolute atomic E-state index is 14.3. The van der Waals surface area contributed by atoms with E-state index in [4.69, 9.17) is 0 Å². The van der Waals surface area contributed by atoms with Gasteiger partial charge in [0.2, 0.25) is 10.0 Å². The van der Waals surface area contributed by atoms with E-state index in [1.165, 1.54) is 12.1 Å². The van der Waals surface area contributed by atoms with Gasteiger partial charge in [0, 0.05) is 16.6 Å². The zero-order chi connectivity index (χ0) is 15.5. The van der Waals surface area contributed by atoms with Crippen molar-refractivity contribution in [2.45, 2.75) is 18.0 Å². The van der Waals surface area contributed by atoms with E-state index in [0.29, 0.717) is 4.47 Å². The Balaban J connectivity index is 2.30. The fourth-order valence-electron chi connectivity index (χ4n) is 1.63. The Morgan fingerprint density at radius 3 is 2.76 bits per heavy atom. The molecule has 3 N–H and O–H groups in total. The van der Waals surface area contributed by atoms with Gasteiger partial charge < -0.3 is 5.32 Å². The fraction of sp³-hybridized carbons (Fsp3) is 0.300. The predicted octanol–water partition coefficient (Wildman–Crippen LogP) is 0.299. The molecule has 0 aliphatic carbocycles. The van der Waals surface area contributed by atoms with E-state index in [0.717, 1.165) is 0 Å². The molecular formula is C10H12BrFN6O2S. The zero-order valence-electron chi connectivity index (χ0n) is 10.9. The van der Waals surface area contributed by atoms with E-state index >= 15 is 0 Å². The van der Waals surface area contributed by atoms with Crippen LogP contribution >= 0.6 is 15.9 Å². The van der Waals surface area contributed by atoms with Crippen LogP contribution in [0.15, 0.2) is 21.5 Å². The van der Waals surface area contributed by atoms with Gasteiger partial charge in [0.15, 0.2) is 5.82 Å². The van der Waals surface area contributed by atoms with Gasteiger partial charge in [0.05, 0.1) is 6.54 Å². The second-order valence-electron chi connectivity index (χ2n) is 4.06. The topological polar surface area (TPSA) is 113 Å². The van der Waals surface area contributed by atoms with E-state index in [2.05, 4.69) is 46.6 Å². The third-order valence-electron chi connectivity index (χ3n) is 2.55. The Labute approximate surface area is 128 Å². The van der Waals surface area contributed by atoms with Crippen molar-refractivity contribution in [2.75, 3.05) is 7.05 Å². The molecule has 11 heteroatoms. The average molecular weight is 379 g/mol. The highest BCUT2D eigenvalue weighted by atomic mass is 79.9. The molecule has 0 saturated heterocycles. The van der Waals surface area contributed by atoms with E-state index in [-0.39, 0.29) is 24.5 Å². The van der Waals surface area contributed by atoms with Gasteiger partial charge in [0.1, 0.15) is 10.7 Å². The Hall–Kier alpha value is -1.43. The van der Waals surface area contributed by atoms with Crippen LogP contribution in [0.5, 0.6) is 0 Å². The minimum Gasteiger partial charge on any atom is -0.316 e. The first-order valence-corrected chi connectivity index (χ1v) is 8.06. The van der Waals surface area contributed by atoms with E-state index in [9.17, 15) is 12.8 Å². The van der Waals surface area contributed by atoms with Crippen molar-refractivity contribution in [1.29, 1.82) is 0 Å². The summed E-state index contributed by atoms with van der Waals surface area (Å²) < 4.78 is 41.3. The van der Waals surface area contributed by atoms with E-state index in [1.807, 2.05) is 0 Å². The number of rotatable bonds is 6. The molecule has 2 rings (SSSR count). The fourth-order valence-corrected chi connectivity index (χ4v) is 3.41. The van der Waals surface area contributed by atoms with Crippen LogP contribution in [0.25, 0.3) is 0 Å². The molecule has 0 aliphatic rings. The van der Waals surface area contributed by atoms with Crippen LogP contribution in [0, 0.1) is 5.82 Å². The molecule has 8 nitrogen and oxygen atoms in total. The van der Waals surface area contributed by atoms with Crippen molar-refractivity contribution in [1.82, 2.24) is 30.7 Å². The van der Waals surface area contributed by atoms with Crippen LogP contribution in [-0.2, 0) is 23.1 Å². The van der Waals surface area contributed by atoms with Crippen LogP contribution in [-0.4, -0.2) is 36.1 Å². The van der Waals surface area contributed by atoms with Gasteiger partial charge in [-0.3, -0.25) is 0 Å². The summed E-state index contributed by atoms with van der Waals surface area (Å²) in [6.07, 6.45) is 0. The number of aromatic nitrogens is 4. The summed E-state index contributed by atoms with van der Waals surface area (Å²) >= 11 is 3.17. The summed E-state index contributed by atoms with van der Waals surface area (Å²) in [6, 6.07) is 2.72. The highest BCUT2D eigenvalue weighted by Gasteiger charge is 2.22. The van der Waals surface area contributed by atoms with Crippen LogP contribution in [0.4, 0.5) is 4.39 Å². The maximum Gasteiger partial charge on any atom is 0.243 e. The smallest absolute Gasteiger partial charge is 0.243 e. The predicted molar refractivity (Wildman–Crippen MR) is 75.1 cm³/mol. The third-order valence-corrected chi connectivity index (χ3v) is 4.40. The van der Waals surface area contributed by atoms with Crippen molar-refractivity contribution in [3.8, 4) is 0 Å². The largest absolute Gasteiger partial charge is 0.316 e. The quantitative estimate of drug-likeness (QED) is 0.666. The molecule has 0 unspecified atom stereocenters. The van der Waals surface area contributed by atoms with Gasteiger partial charge >= 0.3 is 0 Å². The van der Waals surface area contributed by atoms with Gasteiger partial charge in [-0.25, -0.2) is 17.5 Å². The monoisotopic (exact) mass is 378 g/mol. The SMILES string of the molecule is CNCc1cc(Br)cc(S(=O)(=O)NCc2nn[nH]n2)c1F. The summed E-state index contributed by atoms with van der Waals surface area (Å²) in [4.78, 5) is -0.439. The Morgan fingerprint density at radius 2 is 2.14 bits per heavy atom. The van der Waals surface area contributed by atoms with Crippen LogP contribution < -0.4 is 10.0 Å². The lowest BCUT2D eigenvalue weighted by atomic mass is 10.2. The van der Waals surface area contributed by atoms with Crippen molar-refractivity contribution in [3.63, 3.8) is 0 Å². The number of nitrogens with zero attached hydrogens (tertiary/aromatic N) is 3. The third kappa shape index (κ3) is 3.81. The van der Waals surface area contributed by atoms with Gasteiger partial charge in [-0.2, -0.15) is 5.21 Å². The highest BCUT2D eigenvalue weighted by Crippen LogP contribution is 2.24. The number of tetrazole rings is 1. The van der Waals surface area contributed by atoms with Gasteiger partial charge in [-0.1, -0.05) is 21.1 Å². The van der Waals surface area contributed by atoms with E-state index in [1.54, 1.807) is 7.05 Å². The molecular weight excluding hydrogens is 367 g/mol. The molecule has 0 saturated carbocycles. The molecule has 114 valence electrons. The van der Waals surface area contributed by atoms with Gasteiger partial charge in [0.25, 0.3) is 0 Å². The second kappa shape index (κ2) is 6.56. The lowest BCUT2D eigenvalue weighted by Crippen LogP contribution is -2.25. The number of aromatic amines is 1. The summed E-state index contributed by atoms with van der Waals surface area (Å²) in [6.45, 7) is 0.0186. The lowest BCUT2D eigenvalue weighted by molar-refractivity contribution is 0.544. The molecule has 1 heterocycles. The summed E-state index contributed by atoms with van der Waals surface area (Å²) in [5.41, 5.74) is 0.242. The number of H-pyrrole nitrogens is 1. The molecule has 1 aromatic carbocycles. The number of halogens is 2. The molecule has 0 radical (unpaired) electrons. The van der Waals surface area contributed by atoms with Crippen molar-refractivity contribution in [3.05, 3.63) is 33.8 Å². The minimum atomic E-state index is -4.03. The second-order valence-corrected chi connectivity index (χ2v) is 6.71. The molecule has 0 aliphatic heterocycles. The molecule has 21 heavy (non-hydrogen) atoms. The molecule has 0 bridgehead atoms. The Kier molecular flexibility index (Phi) is 4.98. The lowest BCUT2D eigenvalue weighted by Gasteiger charge is -2.10. The highest BCUT2D eigenvalue weighted by molar-refractivity contribution is 9.10. The number of sulfonamides is 1. The Morgan fingerprint density at radius 1 is 1.38 bits per heavy atom. The molecule has 0 atom stereocenters. The van der Waals surface area contributed by atoms with E-state index < -0.39 is 20.7 Å². The molecule has 0 fully saturated rings. The van der Waals surface area contributed by atoms with Crippen molar-refractivity contribution in [2.24, 2.45) is 0 Å². The first kappa shape index (κ1) is 15.9. The first-order valence-electron chi connectivity index (χ1n) is 5.78. The average Bonchev–Trinajstić information content (AvgIpc) is 2.94. The number of nitrogens with one attached hydrogen (secondary N) is 3.